The maximum Gasteiger partial charge on any atom is 0.246 e. The summed E-state index contributed by atoms with van der Waals surface area (Å²) in [6, 6.07) is 9.81. The Morgan fingerprint density at radius 2 is 2.04 bits per heavy atom. The predicted octanol–water partition coefficient (Wildman–Crippen LogP) is 1.34. The summed E-state index contributed by atoms with van der Waals surface area (Å²) in [4.78, 5) is 0.261. The minimum absolute atomic E-state index is 0. The molecule has 8 heteroatoms. The molecule has 23 heavy (non-hydrogen) atoms. The van der Waals surface area contributed by atoms with Crippen molar-refractivity contribution in [2.75, 3.05) is 19.6 Å². The number of rotatable bonds is 4. The van der Waals surface area contributed by atoms with Gasteiger partial charge in [0.1, 0.15) is 4.90 Å². The van der Waals surface area contributed by atoms with Crippen LogP contribution in [-0.2, 0) is 16.6 Å². The standard InChI is InChI=1S/C15H20N4O2S.ClH/c1-13-9-16-7-8-19(13)22(20,21)15-10-17-18(12-15)11-14-5-3-2-4-6-14;/h2-6,10,12-13,16H,7-9,11H2,1H3;1H. The molecule has 2 heterocycles. The fourth-order valence-corrected chi connectivity index (χ4v) is 4.24. The molecule has 0 spiro atoms. The number of hydrogen-bond acceptors (Lipinski definition) is 4. The van der Waals surface area contributed by atoms with Gasteiger partial charge in [-0.15, -0.1) is 12.4 Å². The number of nitrogens with zero attached hydrogens (tertiary/aromatic N) is 3. The van der Waals surface area contributed by atoms with Crippen molar-refractivity contribution in [3.05, 3.63) is 48.3 Å². The molecule has 1 aromatic heterocycles. The van der Waals surface area contributed by atoms with Gasteiger partial charge in [0.15, 0.2) is 0 Å². The van der Waals surface area contributed by atoms with E-state index < -0.39 is 10.0 Å². The molecule has 0 radical (unpaired) electrons. The third-order valence-electron chi connectivity index (χ3n) is 3.84. The van der Waals surface area contributed by atoms with Crippen molar-refractivity contribution < 1.29 is 8.42 Å². The van der Waals surface area contributed by atoms with Crippen molar-refractivity contribution in [2.45, 2.75) is 24.4 Å². The molecule has 3 rings (SSSR count). The molecular formula is C15H21ClN4O2S. The van der Waals surface area contributed by atoms with Gasteiger partial charge in [-0.3, -0.25) is 4.68 Å². The summed E-state index contributed by atoms with van der Waals surface area (Å²) in [5.74, 6) is 0. The Hall–Kier alpha value is -1.41. The number of nitrogens with one attached hydrogen (secondary N) is 1. The van der Waals surface area contributed by atoms with Crippen molar-refractivity contribution in [2.24, 2.45) is 0 Å². The van der Waals surface area contributed by atoms with Gasteiger partial charge in [-0.25, -0.2) is 8.42 Å². The quantitative estimate of drug-likeness (QED) is 0.897. The second-order valence-electron chi connectivity index (χ2n) is 5.53. The van der Waals surface area contributed by atoms with E-state index in [2.05, 4.69) is 10.4 Å². The summed E-state index contributed by atoms with van der Waals surface area (Å²) >= 11 is 0. The Morgan fingerprint density at radius 3 is 2.74 bits per heavy atom. The van der Waals surface area contributed by atoms with E-state index in [1.165, 1.54) is 6.20 Å². The van der Waals surface area contributed by atoms with E-state index >= 15 is 0 Å². The summed E-state index contributed by atoms with van der Waals surface area (Å²) < 4.78 is 28.6. The zero-order valence-electron chi connectivity index (χ0n) is 12.9. The zero-order chi connectivity index (χ0) is 15.6. The van der Waals surface area contributed by atoms with Gasteiger partial charge in [-0.2, -0.15) is 9.40 Å². The average molecular weight is 357 g/mol. The molecule has 1 N–H and O–H groups in total. The van der Waals surface area contributed by atoms with E-state index in [1.807, 2.05) is 37.3 Å². The minimum atomic E-state index is -3.47. The lowest BCUT2D eigenvalue weighted by Crippen LogP contribution is -2.52. The van der Waals surface area contributed by atoms with Crippen molar-refractivity contribution >= 4 is 22.4 Å². The molecule has 0 bridgehead atoms. The van der Waals surface area contributed by atoms with Gasteiger partial charge in [0.05, 0.1) is 12.7 Å². The van der Waals surface area contributed by atoms with Crippen molar-refractivity contribution in [3.8, 4) is 0 Å². The first-order chi connectivity index (χ1) is 10.6. The number of piperazine rings is 1. The highest BCUT2D eigenvalue weighted by molar-refractivity contribution is 7.89. The Labute approximate surface area is 143 Å². The van der Waals surface area contributed by atoms with Crippen LogP contribution in [0.15, 0.2) is 47.6 Å². The minimum Gasteiger partial charge on any atom is -0.314 e. The first-order valence-electron chi connectivity index (χ1n) is 7.36. The predicted molar refractivity (Wildman–Crippen MR) is 91.2 cm³/mol. The Kier molecular flexibility index (Phi) is 5.80. The summed E-state index contributed by atoms with van der Waals surface area (Å²) in [6.45, 7) is 4.33. The number of benzene rings is 1. The Morgan fingerprint density at radius 1 is 1.30 bits per heavy atom. The monoisotopic (exact) mass is 356 g/mol. The number of aromatic nitrogens is 2. The van der Waals surface area contributed by atoms with Gasteiger partial charge >= 0.3 is 0 Å². The molecule has 126 valence electrons. The second-order valence-corrected chi connectivity index (χ2v) is 7.42. The summed E-state index contributed by atoms with van der Waals surface area (Å²) in [5, 5.41) is 7.39. The van der Waals surface area contributed by atoms with E-state index in [0.29, 0.717) is 26.2 Å². The molecule has 1 aliphatic heterocycles. The molecule has 1 saturated heterocycles. The van der Waals surface area contributed by atoms with Crippen LogP contribution in [0.2, 0.25) is 0 Å². The van der Waals surface area contributed by atoms with Gasteiger partial charge in [0.2, 0.25) is 10.0 Å². The lowest BCUT2D eigenvalue weighted by molar-refractivity contribution is 0.284. The summed E-state index contributed by atoms with van der Waals surface area (Å²) in [5.41, 5.74) is 1.09. The maximum atomic E-state index is 12.7. The molecule has 6 nitrogen and oxygen atoms in total. The first kappa shape index (κ1) is 17.9. The first-order valence-corrected chi connectivity index (χ1v) is 8.80. The third-order valence-corrected chi connectivity index (χ3v) is 5.81. The molecule has 1 unspecified atom stereocenters. The SMILES string of the molecule is CC1CNCCN1S(=O)(=O)c1cnn(Cc2ccccc2)c1.Cl. The van der Waals surface area contributed by atoms with E-state index in [4.69, 9.17) is 0 Å². The van der Waals surface area contributed by atoms with Crippen molar-refractivity contribution in [3.63, 3.8) is 0 Å². The van der Waals surface area contributed by atoms with Crippen LogP contribution in [0.1, 0.15) is 12.5 Å². The van der Waals surface area contributed by atoms with E-state index in [9.17, 15) is 8.42 Å². The van der Waals surface area contributed by atoms with Crippen molar-refractivity contribution in [1.29, 1.82) is 0 Å². The van der Waals surface area contributed by atoms with Gasteiger partial charge in [-0.05, 0) is 12.5 Å². The van der Waals surface area contributed by atoms with Crippen LogP contribution in [0, 0.1) is 0 Å². The molecule has 2 aromatic rings. The summed E-state index contributed by atoms with van der Waals surface area (Å²) in [6.07, 6.45) is 3.05. The molecule has 1 atom stereocenters. The van der Waals surface area contributed by atoms with Gasteiger partial charge in [0.25, 0.3) is 0 Å². The third kappa shape index (κ3) is 3.92. The van der Waals surface area contributed by atoms with E-state index in [1.54, 1.807) is 15.2 Å². The number of hydrogen-bond donors (Lipinski definition) is 1. The molecular weight excluding hydrogens is 336 g/mol. The van der Waals surface area contributed by atoms with Crippen LogP contribution in [0.4, 0.5) is 0 Å². The highest BCUT2D eigenvalue weighted by Crippen LogP contribution is 2.19. The average Bonchev–Trinajstić information content (AvgIpc) is 2.98. The van der Waals surface area contributed by atoms with Crippen LogP contribution >= 0.6 is 12.4 Å². The Balaban J connectivity index is 0.00000192. The Bertz CT molecular complexity index is 733. The summed E-state index contributed by atoms with van der Waals surface area (Å²) in [7, 11) is -3.47. The van der Waals surface area contributed by atoms with Gasteiger partial charge in [-0.1, -0.05) is 30.3 Å². The molecule has 1 fully saturated rings. The lowest BCUT2D eigenvalue weighted by Gasteiger charge is -2.32. The van der Waals surface area contributed by atoms with Crippen LogP contribution in [0.5, 0.6) is 0 Å². The smallest absolute Gasteiger partial charge is 0.246 e. The maximum absolute atomic E-state index is 12.7. The highest BCUT2D eigenvalue weighted by atomic mass is 35.5. The van der Waals surface area contributed by atoms with Gasteiger partial charge in [0, 0.05) is 31.9 Å². The molecule has 1 aromatic carbocycles. The lowest BCUT2D eigenvalue weighted by atomic mass is 10.2. The van der Waals surface area contributed by atoms with Gasteiger partial charge < -0.3 is 5.32 Å². The number of sulfonamides is 1. The van der Waals surface area contributed by atoms with Crippen molar-refractivity contribution in [1.82, 2.24) is 19.4 Å². The highest BCUT2D eigenvalue weighted by Gasteiger charge is 2.31. The fourth-order valence-electron chi connectivity index (χ4n) is 2.65. The van der Waals surface area contributed by atoms with E-state index in [0.717, 1.165) is 5.56 Å². The van der Waals surface area contributed by atoms with Crippen LogP contribution < -0.4 is 5.32 Å². The second kappa shape index (κ2) is 7.44. The molecule has 0 amide bonds. The largest absolute Gasteiger partial charge is 0.314 e. The molecule has 0 saturated carbocycles. The normalized spacial score (nSPS) is 19.3. The number of halogens is 1. The molecule has 0 aliphatic carbocycles. The zero-order valence-corrected chi connectivity index (χ0v) is 14.6. The van der Waals surface area contributed by atoms with Crippen LogP contribution in [-0.4, -0.2) is 48.2 Å². The van der Waals surface area contributed by atoms with Crippen LogP contribution in [0.25, 0.3) is 0 Å². The van der Waals surface area contributed by atoms with E-state index in [-0.39, 0.29) is 23.3 Å². The molecule has 1 aliphatic rings. The van der Waals surface area contributed by atoms with Crippen LogP contribution in [0.3, 0.4) is 0 Å². The topological polar surface area (TPSA) is 67.2 Å². The fraction of sp³-hybridized carbons (Fsp3) is 0.400.